The van der Waals surface area contributed by atoms with E-state index in [0.717, 1.165) is 38.4 Å². The van der Waals surface area contributed by atoms with Gasteiger partial charge in [0.2, 0.25) is 5.95 Å². The van der Waals surface area contributed by atoms with E-state index in [1.54, 1.807) is 0 Å². The summed E-state index contributed by atoms with van der Waals surface area (Å²) in [5.74, 6) is 0.363. The predicted molar refractivity (Wildman–Crippen MR) is 56.7 cm³/mol. The van der Waals surface area contributed by atoms with Gasteiger partial charge in [-0.05, 0) is 13.0 Å². The van der Waals surface area contributed by atoms with Crippen molar-refractivity contribution in [2.45, 2.75) is 12.6 Å². The van der Waals surface area contributed by atoms with E-state index in [4.69, 9.17) is 0 Å². The molecule has 0 unspecified atom stereocenters. The highest BCUT2D eigenvalue weighted by Gasteiger charge is 2.31. The third kappa shape index (κ3) is 3.06. The topological polar surface area (TPSA) is 41.1 Å². The fourth-order valence-corrected chi connectivity index (χ4v) is 1.68. The number of nitrogens with one attached hydrogen (secondary N) is 1. The van der Waals surface area contributed by atoms with Crippen LogP contribution in [-0.2, 0) is 6.18 Å². The number of anilines is 1. The van der Waals surface area contributed by atoms with E-state index in [0.29, 0.717) is 12.5 Å². The summed E-state index contributed by atoms with van der Waals surface area (Å²) in [6, 6.07) is 0. The SMILES string of the molecule is FC(F)(F)c1cnc(N2CCCNCC2)nc1. The van der Waals surface area contributed by atoms with Gasteiger partial charge in [0.25, 0.3) is 0 Å². The lowest BCUT2D eigenvalue weighted by molar-refractivity contribution is -0.138. The van der Waals surface area contributed by atoms with Gasteiger partial charge in [-0.3, -0.25) is 0 Å². The second kappa shape index (κ2) is 4.87. The summed E-state index contributed by atoms with van der Waals surface area (Å²) in [6.07, 6.45) is -1.77. The van der Waals surface area contributed by atoms with Crippen molar-refractivity contribution in [3.05, 3.63) is 18.0 Å². The van der Waals surface area contributed by atoms with Crippen LogP contribution in [0, 0.1) is 0 Å². The Hall–Kier alpha value is -1.37. The summed E-state index contributed by atoms with van der Waals surface area (Å²) < 4.78 is 37.0. The molecule has 0 saturated carbocycles. The normalized spacial score (nSPS) is 17.9. The summed E-state index contributed by atoms with van der Waals surface area (Å²) in [5.41, 5.74) is -0.811. The fraction of sp³-hybridized carbons (Fsp3) is 0.600. The van der Waals surface area contributed by atoms with Crippen LogP contribution in [0.3, 0.4) is 0 Å². The molecule has 17 heavy (non-hydrogen) atoms. The van der Waals surface area contributed by atoms with Gasteiger partial charge in [-0.15, -0.1) is 0 Å². The van der Waals surface area contributed by atoms with Crippen molar-refractivity contribution in [2.24, 2.45) is 0 Å². The lowest BCUT2D eigenvalue weighted by Gasteiger charge is -2.19. The Bertz CT molecular complexity index is 355. The Labute approximate surface area is 96.9 Å². The van der Waals surface area contributed by atoms with E-state index < -0.39 is 11.7 Å². The lowest BCUT2D eigenvalue weighted by atomic mass is 10.3. The van der Waals surface area contributed by atoms with E-state index >= 15 is 0 Å². The third-order valence-corrected chi connectivity index (χ3v) is 2.59. The molecule has 0 radical (unpaired) electrons. The molecule has 0 atom stereocenters. The van der Waals surface area contributed by atoms with Crippen molar-refractivity contribution in [2.75, 3.05) is 31.1 Å². The van der Waals surface area contributed by atoms with Crippen LogP contribution in [0.4, 0.5) is 19.1 Å². The molecule has 7 heteroatoms. The molecule has 0 spiro atoms. The number of rotatable bonds is 1. The monoisotopic (exact) mass is 246 g/mol. The van der Waals surface area contributed by atoms with E-state index in [-0.39, 0.29) is 0 Å². The molecule has 0 amide bonds. The molecule has 0 aliphatic carbocycles. The zero-order valence-corrected chi connectivity index (χ0v) is 9.17. The number of halogens is 3. The first-order valence-electron chi connectivity index (χ1n) is 5.42. The number of alkyl halides is 3. The highest BCUT2D eigenvalue weighted by Crippen LogP contribution is 2.28. The fourth-order valence-electron chi connectivity index (χ4n) is 1.68. The standard InChI is InChI=1S/C10H13F3N4/c11-10(12,13)8-6-15-9(16-7-8)17-4-1-2-14-3-5-17/h6-7,14H,1-5H2. The second-order valence-corrected chi connectivity index (χ2v) is 3.86. The number of hydrogen-bond acceptors (Lipinski definition) is 4. The molecule has 1 aromatic heterocycles. The molecular formula is C10H13F3N4. The summed E-state index contributed by atoms with van der Waals surface area (Å²) in [6.45, 7) is 3.19. The van der Waals surface area contributed by atoms with Gasteiger partial charge in [0, 0.05) is 32.0 Å². The maximum absolute atomic E-state index is 12.3. The van der Waals surface area contributed by atoms with Crippen molar-refractivity contribution in [3.8, 4) is 0 Å². The van der Waals surface area contributed by atoms with Crippen LogP contribution in [0.2, 0.25) is 0 Å². The Kier molecular flexibility index (Phi) is 3.46. The average Bonchev–Trinajstić information content (AvgIpc) is 2.56. The second-order valence-electron chi connectivity index (χ2n) is 3.86. The first-order chi connectivity index (χ1) is 8.07. The lowest BCUT2D eigenvalue weighted by Crippen LogP contribution is -2.29. The first kappa shape index (κ1) is 12.1. The zero-order chi connectivity index (χ0) is 12.3. The molecule has 2 rings (SSSR count). The number of aromatic nitrogens is 2. The first-order valence-corrected chi connectivity index (χ1v) is 5.42. The Morgan fingerprint density at radius 2 is 1.82 bits per heavy atom. The zero-order valence-electron chi connectivity index (χ0n) is 9.17. The van der Waals surface area contributed by atoms with Crippen molar-refractivity contribution in [3.63, 3.8) is 0 Å². The van der Waals surface area contributed by atoms with Crippen LogP contribution in [0.15, 0.2) is 12.4 Å². The van der Waals surface area contributed by atoms with Gasteiger partial charge in [0.1, 0.15) is 0 Å². The highest BCUT2D eigenvalue weighted by molar-refractivity contribution is 5.30. The van der Waals surface area contributed by atoms with Crippen molar-refractivity contribution in [1.29, 1.82) is 0 Å². The minimum absolute atomic E-state index is 0.363. The molecule has 1 aromatic rings. The van der Waals surface area contributed by atoms with Gasteiger partial charge in [0.05, 0.1) is 5.56 Å². The molecule has 1 aliphatic heterocycles. The number of hydrogen-bond donors (Lipinski definition) is 1. The number of nitrogens with zero attached hydrogens (tertiary/aromatic N) is 3. The van der Waals surface area contributed by atoms with Crippen LogP contribution in [0.25, 0.3) is 0 Å². The Morgan fingerprint density at radius 1 is 1.12 bits per heavy atom. The van der Waals surface area contributed by atoms with Crippen LogP contribution in [0.5, 0.6) is 0 Å². The van der Waals surface area contributed by atoms with Crippen molar-refractivity contribution < 1.29 is 13.2 Å². The third-order valence-electron chi connectivity index (χ3n) is 2.59. The largest absolute Gasteiger partial charge is 0.419 e. The Balaban J connectivity index is 2.11. The Morgan fingerprint density at radius 3 is 2.47 bits per heavy atom. The molecular weight excluding hydrogens is 233 g/mol. The predicted octanol–water partition coefficient (Wildman–Crippen LogP) is 1.30. The molecule has 4 nitrogen and oxygen atoms in total. The van der Waals surface area contributed by atoms with E-state index in [1.165, 1.54) is 0 Å². The summed E-state index contributed by atoms with van der Waals surface area (Å²) in [7, 11) is 0. The van der Waals surface area contributed by atoms with Crippen LogP contribution >= 0.6 is 0 Å². The summed E-state index contributed by atoms with van der Waals surface area (Å²) in [4.78, 5) is 9.44. The van der Waals surface area contributed by atoms with Gasteiger partial charge in [-0.25, -0.2) is 9.97 Å². The molecule has 1 saturated heterocycles. The summed E-state index contributed by atoms with van der Waals surface area (Å²) >= 11 is 0. The van der Waals surface area contributed by atoms with Crippen LogP contribution in [0.1, 0.15) is 12.0 Å². The molecule has 0 aromatic carbocycles. The van der Waals surface area contributed by atoms with Crippen LogP contribution < -0.4 is 10.2 Å². The highest BCUT2D eigenvalue weighted by atomic mass is 19.4. The van der Waals surface area contributed by atoms with Gasteiger partial charge in [0.15, 0.2) is 0 Å². The van der Waals surface area contributed by atoms with E-state index in [2.05, 4.69) is 15.3 Å². The van der Waals surface area contributed by atoms with Crippen LogP contribution in [-0.4, -0.2) is 36.1 Å². The van der Waals surface area contributed by atoms with Gasteiger partial charge in [-0.2, -0.15) is 13.2 Å². The van der Waals surface area contributed by atoms with Crippen molar-refractivity contribution >= 4 is 5.95 Å². The van der Waals surface area contributed by atoms with E-state index in [9.17, 15) is 13.2 Å². The van der Waals surface area contributed by atoms with Crippen molar-refractivity contribution in [1.82, 2.24) is 15.3 Å². The minimum Gasteiger partial charge on any atom is -0.340 e. The molecule has 2 heterocycles. The van der Waals surface area contributed by atoms with Gasteiger partial charge < -0.3 is 10.2 Å². The molecule has 0 bridgehead atoms. The molecule has 1 fully saturated rings. The maximum Gasteiger partial charge on any atom is 0.419 e. The summed E-state index contributed by atoms with van der Waals surface area (Å²) in [5, 5.41) is 3.21. The van der Waals surface area contributed by atoms with E-state index in [1.807, 2.05) is 4.90 Å². The van der Waals surface area contributed by atoms with Gasteiger partial charge in [-0.1, -0.05) is 0 Å². The quantitative estimate of drug-likeness (QED) is 0.810. The minimum atomic E-state index is -4.38. The molecule has 1 N–H and O–H groups in total. The maximum atomic E-state index is 12.3. The molecule has 94 valence electrons. The molecule has 1 aliphatic rings. The average molecular weight is 246 g/mol. The van der Waals surface area contributed by atoms with Gasteiger partial charge >= 0.3 is 6.18 Å². The smallest absolute Gasteiger partial charge is 0.340 e.